The fraction of sp³-hybridized carbons (Fsp3) is 0.235. The van der Waals surface area contributed by atoms with E-state index in [9.17, 15) is 9.59 Å². The maximum Gasteiger partial charge on any atom is 0.307 e. The van der Waals surface area contributed by atoms with Gasteiger partial charge in [0.1, 0.15) is 0 Å². The molecule has 2 aromatic heterocycles. The number of nitrogens with zero attached hydrogens (tertiary/aromatic N) is 2. The molecule has 6 nitrogen and oxygen atoms in total. The lowest BCUT2D eigenvalue weighted by atomic mass is 10.0. The second-order valence-corrected chi connectivity index (χ2v) is 6.70. The topological polar surface area (TPSA) is 72.7 Å². The number of ether oxygens (including phenoxy) is 1. The Morgan fingerprint density at radius 2 is 2.20 bits per heavy atom. The van der Waals surface area contributed by atoms with Gasteiger partial charge in [-0.2, -0.15) is 0 Å². The SMILES string of the molecule is COC(=O)C[C@@H](NC(=O)Cc1cn2ccsc2n1)c1ccccc1Cl. The van der Waals surface area contributed by atoms with Crippen molar-refractivity contribution in [3.8, 4) is 0 Å². The summed E-state index contributed by atoms with van der Waals surface area (Å²) in [7, 11) is 1.31. The minimum Gasteiger partial charge on any atom is -0.469 e. The van der Waals surface area contributed by atoms with Crippen molar-refractivity contribution in [3.05, 3.63) is 58.3 Å². The Kier molecular flexibility index (Phi) is 5.35. The van der Waals surface area contributed by atoms with Gasteiger partial charge in [0, 0.05) is 22.8 Å². The lowest BCUT2D eigenvalue weighted by molar-refractivity contribution is -0.141. The number of methoxy groups -OCH3 is 1. The van der Waals surface area contributed by atoms with E-state index >= 15 is 0 Å². The Morgan fingerprint density at radius 3 is 2.92 bits per heavy atom. The highest BCUT2D eigenvalue weighted by atomic mass is 35.5. The van der Waals surface area contributed by atoms with Gasteiger partial charge < -0.3 is 10.1 Å². The second kappa shape index (κ2) is 7.67. The molecule has 0 aliphatic carbocycles. The number of hydrogen-bond donors (Lipinski definition) is 1. The molecule has 3 aromatic rings. The van der Waals surface area contributed by atoms with E-state index in [1.165, 1.54) is 18.4 Å². The first-order chi connectivity index (χ1) is 12.1. The number of esters is 1. The van der Waals surface area contributed by atoms with Gasteiger partial charge in [0.25, 0.3) is 0 Å². The first-order valence-corrected chi connectivity index (χ1v) is 8.84. The monoisotopic (exact) mass is 377 g/mol. The minimum absolute atomic E-state index is 0.00422. The summed E-state index contributed by atoms with van der Waals surface area (Å²) in [6.45, 7) is 0. The van der Waals surface area contributed by atoms with Crippen LogP contribution in [0, 0.1) is 0 Å². The Balaban J connectivity index is 1.74. The first kappa shape index (κ1) is 17.4. The molecule has 0 spiro atoms. The predicted octanol–water partition coefficient (Wildman–Crippen LogP) is 3.01. The summed E-state index contributed by atoms with van der Waals surface area (Å²) in [6.07, 6.45) is 3.83. The summed E-state index contributed by atoms with van der Waals surface area (Å²) in [6, 6.07) is 6.54. The van der Waals surface area contributed by atoms with Crippen LogP contribution in [0.1, 0.15) is 23.7 Å². The van der Waals surface area contributed by atoms with Gasteiger partial charge in [-0.15, -0.1) is 11.3 Å². The highest BCUT2D eigenvalue weighted by molar-refractivity contribution is 7.15. The smallest absolute Gasteiger partial charge is 0.307 e. The van der Waals surface area contributed by atoms with Crippen LogP contribution in [0.5, 0.6) is 0 Å². The highest BCUT2D eigenvalue weighted by Crippen LogP contribution is 2.25. The summed E-state index contributed by atoms with van der Waals surface area (Å²) >= 11 is 7.71. The molecule has 3 rings (SSSR count). The van der Waals surface area contributed by atoms with Crippen LogP contribution in [0.3, 0.4) is 0 Å². The summed E-state index contributed by atoms with van der Waals surface area (Å²) < 4.78 is 6.59. The van der Waals surface area contributed by atoms with Crippen molar-refractivity contribution in [1.82, 2.24) is 14.7 Å². The van der Waals surface area contributed by atoms with Crippen LogP contribution in [-0.4, -0.2) is 28.4 Å². The molecule has 0 aliphatic rings. The molecule has 1 amide bonds. The van der Waals surface area contributed by atoms with Gasteiger partial charge in [-0.25, -0.2) is 4.98 Å². The van der Waals surface area contributed by atoms with E-state index in [2.05, 4.69) is 10.3 Å². The third-order valence-electron chi connectivity index (χ3n) is 3.70. The summed E-state index contributed by atoms with van der Waals surface area (Å²) in [5.41, 5.74) is 1.34. The van der Waals surface area contributed by atoms with Crippen LogP contribution in [0.4, 0.5) is 0 Å². The predicted molar refractivity (Wildman–Crippen MR) is 95.7 cm³/mol. The van der Waals surface area contributed by atoms with E-state index in [1.807, 2.05) is 22.2 Å². The van der Waals surface area contributed by atoms with Crippen molar-refractivity contribution in [1.29, 1.82) is 0 Å². The molecule has 0 fully saturated rings. The van der Waals surface area contributed by atoms with Gasteiger partial charge in [-0.3, -0.25) is 14.0 Å². The molecule has 25 heavy (non-hydrogen) atoms. The van der Waals surface area contributed by atoms with Crippen LogP contribution in [-0.2, 0) is 20.7 Å². The third-order valence-corrected chi connectivity index (χ3v) is 4.81. The van der Waals surface area contributed by atoms with Crippen molar-refractivity contribution in [3.63, 3.8) is 0 Å². The van der Waals surface area contributed by atoms with Crippen molar-refractivity contribution >= 4 is 39.8 Å². The minimum atomic E-state index is -0.558. The maximum absolute atomic E-state index is 12.4. The van der Waals surface area contributed by atoms with E-state index in [4.69, 9.17) is 16.3 Å². The van der Waals surface area contributed by atoms with Crippen LogP contribution in [0.25, 0.3) is 4.96 Å². The number of amides is 1. The molecule has 8 heteroatoms. The number of imidazole rings is 1. The normalized spacial score (nSPS) is 12.1. The van der Waals surface area contributed by atoms with Crippen molar-refractivity contribution in [2.75, 3.05) is 7.11 Å². The average molecular weight is 378 g/mol. The standard InChI is InChI=1S/C17H16ClN3O3S/c1-24-16(23)9-14(12-4-2-3-5-13(12)18)20-15(22)8-11-10-21-6-7-25-17(21)19-11/h2-7,10,14H,8-9H2,1H3,(H,20,22)/t14-/m1/s1. The van der Waals surface area contributed by atoms with Crippen LogP contribution in [0.2, 0.25) is 5.02 Å². The number of aromatic nitrogens is 2. The molecule has 0 bridgehead atoms. The maximum atomic E-state index is 12.4. The number of benzene rings is 1. The Morgan fingerprint density at radius 1 is 1.40 bits per heavy atom. The molecule has 0 aliphatic heterocycles. The Hall–Kier alpha value is -2.38. The summed E-state index contributed by atoms with van der Waals surface area (Å²) in [4.78, 5) is 29.3. The number of carbonyl (C=O) groups is 2. The molecular formula is C17H16ClN3O3S. The van der Waals surface area contributed by atoms with E-state index in [1.54, 1.807) is 24.3 Å². The van der Waals surface area contributed by atoms with E-state index < -0.39 is 12.0 Å². The third kappa shape index (κ3) is 4.18. The number of fused-ring (bicyclic) bond motifs is 1. The fourth-order valence-corrected chi connectivity index (χ4v) is 3.50. The second-order valence-electron chi connectivity index (χ2n) is 5.42. The zero-order chi connectivity index (χ0) is 17.8. The zero-order valence-electron chi connectivity index (χ0n) is 13.4. The molecule has 0 saturated heterocycles. The Bertz CT molecular complexity index is 877. The van der Waals surface area contributed by atoms with E-state index in [-0.39, 0.29) is 18.7 Å². The average Bonchev–Trinajstić information content (AvgIpc) is 3.15. The zero-order valence-corrected chi connectivity index (χ0v) is 15.0. The molecule has 0 saturated carbocycles. The van der Waals surface area contributed by atoms with Crippen molar-refractivity contribution < 1.29 is 14.3 Å². The fourth-order valence-electron chi connectivity index (χ4n) is 2.52. The summed E-state index contributed by atoms with van der Waals surface area (Å²) in [5.74, 6) is -0.660. The molecule has 130 valence electrons. The first-order valence-electron chi connectivity index (χ1n) is 7.58. The number of nitrogens with one attached hydrogen (secondary N) is 1. The number of halogens is 1. The molecule has 0 radical (unpaired) electrons. The molecular weight excluding hydrogens is 362 g/mol. The quantitative estimate of drug-likeness (QED) is 0.670. The lowest BCUT2D eigenvalue weighted by Crippen LogP contribution is -2.31. The number of rotatable bonds is 6. The van der Waals surface area contributed by atoms with Crippen LogP contribution >= 0.6 is 22.9 Å². The van der Waals surface area contributed by atoms with Gasteiger partial charge in [-0.05, 0) is 11.6 Å². The molecule has 2 heterocycles. The van der Waals surface area contributed by atoms with E-state index in [0.717, 1.165) is 4.96 Å². The summed E-state index contributed by atoms with van der Waals surface area (Å²) in [5, 5.41) is 5.27. The highest BCUT2D eigenvalue weighted by Gasteiger charge is 2.21. The van der Waals surface area contributed by atoms with Gasteiger partial charge in [0.05, 0.1) is 31.7 Å². The van der Waals surface area contributed by atoms with Crippen molar-refractivity contribution in [2.24, 2.45) is 0 Å². The molecule has 1 aromatic carbocycles. The number of thiazole rings is 1. The van der Waals surface area contributed by atoms with E-state index in [0.29, 0.717) is 16.3 Å². The van der Waals surface area contributed by atoms with Crippen molar-refractivity contribution in [2.45, 2.75) is 18.9 Å². The van der Waals surface area contributed by atoms with Gasteiger partial charge in [-0.1, -0.05) is 29.8 Å². The number of hydrogen-bond acceptors (Lipinski definition) is 5. The van der Waals surface area contributed by atoms with Gasteiger partial charge in [0.15, 0.2) is 4.96 Å². The lowest BCUT2D eigenvalue weighted by Gasteiger charge is -2.19. The van der Waals surface area contributed by atoms with Crippen LogP contribution < -0.4 is 5.32 Å². The van der Waals surface area contributed by atoms with Gasteiger partial charge >= 0.3 is 5.97 Å². The number of carbonyl (C=O) groups excluding carboxylic acids is 2. The molecule has 1 atom stereocenters. The Labute approximate surface area is 153 Å². The van der Waals surface area contributed by atoms with Gasteiger partial charge in [0.2, 0.25) is 5.91 Å². The largest absolute Gasteiger partial charge is 0.469 e. The molecule has 0 unspecified atom stereocenters. The van der Waals surface area contributed by atoms with Crippen LogP contribution in [0.15, 0.2) is 42.0 Å². The molecule has 1 N–H and O–H groups in total.